The van der Waals surface area contributed by atoms with Crippen molar-refractivity contribution in [3.05, 3.63) is 0 Å². The number of amides is 2. The van der Waals surface area contributed by atoms with Crippen molar-refractivity contribution < 1.29 is 9.59 Å². The van der Waals surface area contributed by atoms with Crippen LogP contribution in [-0.4, -0.2) is 40.5 Å². The first-order valence-electron chi connectivity index (χ1n) is 10.5. The summed E-state index contributed by atoms with van der Waals surface area (Å²) >= 11 is 5.16. The van der Waals surface area contributed by atoms with Crippen LogP contribution in [0.4, 0.5) is 0 Å². The van der Waals surface area contributed by atoms with E-state index in [2.05, 4.69) is 16.2 Å². The Morgan fingerprint density at radius 2 is 1.63 bits per heavy atom. The highest BCUT2D eigenvalue weighted by atomic mass is 32.1. The van der Waals surface area contributed by atoms with E-state index < -0.39 is 0 Å². The van der Waals surface area contributed by atoms with Gasteiger partial charge in [-0.05, 0) is 95.2 Å². The summed E-state index contributed by atoms with van der Waals surface area (Å²) in [6.07, 6.45) is 8.72. The summed E-state index contributed by atoms with van der Waals surface area (Å²) in [7, 11) is 0. The van der Waals surface area contributed by atoms with Crippen LogP contribution in [0.15, 0.2) is 0 Å². The molecule has 5 aliphatic rings. The number of carbonyl (C=O) groups excluding carboxylic acids is 2. The zero-order valence-corrected chi connectivity index (χ0v) is 17.2. The van der Waals surface area contributed by atoms with E-state index in [1.54, 1.807) is 0 Å². The van der Waals surface area contributed by atoms with E-state index in [1.807, 2.05) is 18.7 Å². The molecule has 3 N–H and O–H groups in total. The lowest BCUT2D eigenvalue weighted by Gasteiger charge is -2.56. The Morgan fingerprint density at radius 3 is 2.19 bits per heavy atom. The van der Waals surface area contributed by atoms with Crippen molar-refractivity contribution in [2.75, 3.05) is 6.54 Å². The van der Waals surface area contributed by atoms with Crippen molar-refractivity contribution in [1.29, 1.82) is 0 Å². The van der Waals surface area contributed by atoms with Gasteiger partial charge in [-0.3, -0.25) is 20.4 Å². The monoisotopic (exact) mass is 392 g/mol. The molecule has 0 aromatic heterocycles. The maximum absolute atomic E-state index is 13.6. The highest BCUT2D eigenvalue weighted by Crippen LogP contribution is 2.60. The zero-order chi connectivity index (χ0) is 19.2. The first-order chi connectivity index (χ1) is 12.9. The highest BCUT2D eigenvalue weighted by molar-refractivity contribution is 7.80. The minimum Gasteiger partial charge on any atom is -0.359 e. The van der Waals surface area contributed by atoms with E-state index in [1.165, 1.54) is 19.3 Å². The second kappa shape index (κ2) is 7.22. The Hall–Kier alpha value is -1.37. The predicted molar refractivity (Wildman–Crippen MR) is 107 cm³/mol. The SMILES string of the molecule is CC(C)NC(=S)NNC(=O)C1CCCN1C(=O)C12CC3CC(CC(C3)C1)C2. The molecule has 6 nitrogen and oxygen atoms in total. The van der Waals surface area contributed by atoms with Gasteiger partial charge in [-0.15, -0.1) is 0 Å². The minimum absolute atomic E-state index is 0.154. The quantitative estimate of drug-likeness (QED) is 0.507. The third-order valence-electron chi connectivity index (χ3n) is 7.03. The van der Waals surface area contributed by atoms with Crippen LogP contribution < -0.4 is 16.2 Å². The molecular weight excluding hydrogens is 360 g/mol. The Kier molecular flexibility index (Phi) is 5.08. The van der Waals surface area contributed by atoms with Crippen molar-refractivity contribution in [3.63, 3.8) is 0 Å². The van der Waals surface area contributed by atoms with Gasteiger partial charge in [0.1, 0.15) is 6.04 Å². The summed E-state index contributed by atoms with van der Waals surface area (Å²) in [4.78, 5) is 28.2. The van der Waals surface area contributed by atoms with Gasteiger partial charge in [0.25, 0.3) is 5.91 Å². The van der Waals surface area contributed by atoms with Crippen LogP contribution in [0.3, 0.4) is 0 Å². The molecule has 150 valence electrons. The lowest BCUT2D eigenvalue weighted by molar-refractivity contribution is -0.160. The van der Waals surface area contributed by atoms with Crippen LogP contribution in [0.25, 0.3) is 0 Å². The van der Waals surface area contributed by atoms with E-state index >= 15 is 0 Å². The van der Waals surface area contributed by atoms with E-state index in [-0.39, 0.29) is 29.3 Å². The molecule has 0 aromatic carbocycles. The molecule has 0 radical (unpaired) electrons. The van der Waals surface area contributed by atoms with Crippen molar-refractivity contribution >= 4 is 29.1 Å². The number of nitrogens with one attached hydrogen (secondary N) is 3. The van der Waals surface area contributed by atoms with Gasteiger partial charge in [-0.1, -0.05) is 0 Å². The Morgan fingerprint density at radius 1 is 1.04 bits per heavy atom. The third kappa shape index (κ3) is 3.67. The summed E-state index contributed by atoms with van der Waals surface area (Å²) in [5.74, 6) is 2.30. The summed E-state index contributed by atoms with van der Waals surface area (Å²) in [6, 6.07) is -0.178. The van der Waals surface area contributed by atoms with Gasteiger partial charge in [0.05, 0.1) is 5.41 Å². The fourth-order valence-electron chi connectivity index (χ4n) is 6.46. The van der Waals surface area contributed by atoms with E-state index in [4.69, 9.17) is 12.2 Å². The largest absolute Gasteiger partial charge is 0.359 e. The van der Waals surface area contributed by atoms with Gasteiger partial charge in [-0.25, -0.2) is 0 Å². The summed E-state index contributed by atoms with van der Waals surface area (Å²) in [5, 5.41) is 3.44. The van der Waals surface area contributed by atoms with E-state index in [0.29, 0.717) is 11.7 Å². The van der Waals surface area contributed by atoms with Crippen LogP contribution in [-0.2, 0) is 9.59 Å². The summed E-state index contributed by atoms with van der Waals surface area (Å²) < 4.78 is 0. The molecule has 0 spiro atoms. The summed E-state index contributed by atoms with van der Waals surface area (Å²) in [5.41, 5.74) is 5.29. The maximum atomic E-state index is 13.6. The molecule has 5 rings (SSSR count). The summed E-state index contributed by atoms with van der Waals surface area (Å²) in [6.45, 7) is 4.67. The van der Waals surface area contributed by atoms with Gasteiger partial charge >= 0.3 is 0 Å². The molecule has 5 fully saturated rings. The molecule has 7 heteroatoms. The highest BCUT2D eigenvalue weighted by Gasteiger charge is 2.56. The molecule has 4 aliphatic carbocycles. The van der Waals surface area contributed by atoms with E-state index in [0.717, 1.165) is 49.9 Å². The Bertz CT molecular complexity index is 600. The number of likely N-dealkylation sites (tertiary alicyclic amines) is 1. The van der Waals surface area contributed by atoms with Crippen LogP contribution in [0, 0.1) is 23.2 Å². The lowest BCUT2D eigenvalue weighted by atomic mass is 9.49. The first-order valence-corrected chi connectivity index (χ1v) is 10.9. The van der Waals surface area contributed by atoms with Crippen molar-refractivity contribution in [1.82, 2.24) is 21.1 Å². The van der Waals surface area contributed by atoms with Crippen LogP contribution in [0.5, 0.6) is 0 Å². The molecule has 4 bridgehead atoms. The van der Waals surface area contributed by atoms with Crippen molar-refractivity contribution in [2.45, 2.75) is 77.3 Å². The lowest BCUT2D eigenvalue weighted by Crippen LogP contribution is -2.59. The minimum atomic E-state index is -0.375. The number of thiocarbonyl (C=S) groups is 1. The smallest absolute Gasteiger partial charge is 0.261 e. The van der Waals surface area contributed by atoms with Crippen LogP contribution in [0.1, 0.15) is 65.2 Å². The van der Waals surface area contributed by atoms with Gasteiger partial charge in [0.2, 0.25) is 5.91 Å². The average molecular weight is 393 g/mol. The molecule has 1 unspecified atom stereocenters. The number of carbonyl (C=O) groups is 2. The molecule has 1 saturated heterocycles. The number of nitrogens with zero attached hydrogens (tertiary/aromatic N) is 1. The zero-order valence-electron chi connectivity index (χ0n) is 16.4. The van der Waals surface area contributed by atoms with Gasteiger partial charge < -0.3 is 10.2 Å². The second-order valence-electron chi connectivity index (χ2n) is 9.60. The molecule has 1 atom stereocenters. The molecule has 1 heterocycles. The van der Waals surface area contributed by atoms with Gasteiger partial charge in [-0.2, -0.15) is 0 Å². The molecule has 27 heavy (non-hydrogen) atoms. The fourth-order valence-corrected chi connectivity index (χ4v) is 6.75. The van der Waals surface area contributed by atoms with Crippen LogP contribution >= 0.6 is 12.2 Å². The molecule has 4 saturated carbocycles. The predicted octanol–water partition coefficient (Wildman–Crippen LogP) is 2.10. The number of hydrogen-bond donors (Lipinski definition) is 3. The van der Waals surface area contributed by atoms with Crippen molar-refractivity contribution in [3.8, 4) is 0 Å². The van der Waals surface area contributed by atoms with E-state index in [9.17, 15) is 9.59 Å². The topological polar surface area (TPSA) is 73.5 Å². The molecule has 0 aromatic rings. The van der Waals surface area contributed by atoms with Gasteiger partial charge in [0.15, 0.2) is 5.11 Å². The second-order valence-corrected chi connectivity index (χ2v) is 10.0. The normalized spacial score (nSPS) is 36.8. The number of hydrazine groups is 1. The van der Waals surface area contributed by atoms with Crippen molar-refractivity contribution in [2.24, 2.45) is 23.2 Å². The molecule has 2 amide bonds. The standard InChI is InChI=1S/C20H32N4O2S/c1-12(2)21-19(27)23-22-17(25)16-4-3-5-24(16)18(26)20-9-13-6-14(10-20)8-15(7-13)11-20/h12-16H,3-11H2,1-2H3,(H,22,25)(H2,21,23,27). The Labute approximate surface area is 167 Å². The first kappa shape index (κ1) is 19.0. The van der Waals surface area contributed by atoms with Gasteiger partial charge in [0, 0.05) is 12.6 Å². The third-order valence-corrected chi connectivity index (χ3v) is 7.25. The number of hydrogen-bond acceptors (Lipinski definition) is 3. The van der Waals surface area contributed by atoms with Crippen LogP contribution in [0.2, 0.25) is 0 Å². The maximum Gasteiger partial charge on any atom is 0.261 e. The fraction of sp³-hybridized carbons (Fsp3) is 0.850. The Balaban J connectivity index is 1.40. The number of rotatable bonds is 3. The average Bonchev–Trinajstić information content (AvgIpc) is 3.06. The molecule has 1 aliphatic heterocycles. The molecular formula is C20H32N4O2S.